The molecule has 7 heteroatoms. The standard InChI is InChI=1S/C17H19N3O.C15H16N2O.2C2H6/c1-11(2)20-16-6-5-14(9-12(16)3)21-15-7-8-19-17(10-15)13(4)18;1-12-2-4-14(5-3-12)15(18)17-11-8-13-6-9-16-10-7-13;2*1-2/h5-10,20H,1,4,18H2,2-3H3;2-7,9-10H,8,11H2,1H3,(H,17,18);2*1-2H3. The Morgan fingerprint density at radius 3 is 2.07 bits per heavy atom. The second kappa shape index (κ2) is 20.0. The Bertz CT molecular complexity index is 1420. The number of pyridine rings is 2. The van der Waals surface area contributed by atoms with Crippen LogP contribution >= 0.6 is 0 Å². The first-order chi connectivity index (χ1) is 20.7. The summed E-state index contributed by atoms with van der Waals surface area (Å²) in [7, 11) is 0. The highest BCUT2D eigenvalue weighted by atomic mass is 16.5. The molecule has 4 aromatic rings. The summed E-state index contributed by atoms with van der Waals surface area (Å²) >= 11 is 0. The molecule has 228 valence electrons. The molecule has 0 atom stereocenters. The lowest BCUT2D eigenvalue weighted by Gasteiger charge is -2.12. The first-order valence-corrected chi connectivity index (χ1v) is 14.6. The molecule has 0 bridgehead atoms. The SMILES string of the molecule is C=C(C)Nc1ccc(Oc2ccnc(C(=C)N)c2)cc1C.CC.CC.Cc1ccc(C(=O)NCCc2ccncc2)cc1. The normalized spacial score (nSPS) is 9.37. The van der Waals surface area contributed by atoms with Crippen LogP contribution in [0, 0.1) is 13.8 Å². The van der Waals surface area contributed by atoms with Gasteiger partial charge in [0, 0.05) is 48.1 Å². The Balaban J connectivity index is 0.000000389. The number of nitrogens with zero attached hydrogens (tertiary/aromatic N) is 2. The highest BCUT2D eigenvalue weighted by molar-refractivity contribution is 5.94. The molecule has 0 spiro atoms. The van der Waals surface area contributed by atoms with Crippen LogP contribution in [0.1, 0.15) is 67.4 Å². The van der Waals surface area contributed by atoms with Crippen molar-refractivity contribution in [3.05, 3.63) is 132 Å². The van der Waals surface area contributed by atoms with Crippen molar-refractivity contribution in [1.82, 2.24) is 15.3 Å². The van der Waals surface area contributed by atoms with Crippen molar-refractivity contribution in [2.24, 2.45) is 5.73 Å². The maximum atomic E-state index is 11.8. The number of hydrogen-bond donors (Lipinski definition) is 3. The van der Waals surface area contributed by atoms with E-state index in [1.54, 1.807) is 30.7 Å². The number of rotatable bonds is 9. The van der Waals surface area contributed by atoms with Crippen LogP contribution in [-0.4, -0.2) is 22.4 Å². The smallest absolute Gasteiger partial charge is 0.251 e. The zero-order chi connectivity index (χ0) is 32.2. The molecular formula is C36H47N5O2. The number of ether oxygens (including phenoxy) is 1. The van der Waals surface area contributed by atoms with Gasteiger partial charge < -0.3 is 21.1 Å². The number of amides is 1. The van der Waals surface area contributed by atoms with E-state index >= 15 is 0 Å². The van der Waals surface area contributed by atoms with Crippen LogP contribution in [0.2, 0.25) is 0 Å². The van der Waals surface area contributed by atoms with Crippen LogP contribution in [-0.2, 0) is 6.42 Å². The zero-order valence-electron chi connectivity index (χ0n) is 26.7. The Morgan fingerprint density at radius 1 is 0.860 bits per heavy atom. The fourth-order valence-corrected chi connectivity index (χ4v) is 3.53. The molecule has 0 radical (unpaired) electrons. The van der Waals surface area contributed by atoms with Gasteiger partial charge in [-0.1, -0.05) is 58.5 Å². The van der Waals surface area contributed by atoms with Crippen LogP contribution in [0.5, 0.6) is 11.5 Å². The molecule has 2 heterocycles. The largest absolute Gasteiger partial charge is 0.457 e. The number of carbonyl (C=O) groups is 1. The minimum atomic E-state index is -0.0240. The molecule has 2 aromatic heterocycles. The predicted molar refractivity (Wildman–Crippen MR) is 181 cm³/mol. The highest BCUT2D eigenvalue weighted by Crippen LogP contribution is 2.27. The van der Waals surface area contributed by atoms with Crippen LogP contribution in [0.4, 0.5) is 5.69 Å². The lowest BCUT2D eigenvalue weighted by atomic mass is 10.1. The molecular weight excluding hydrogens is 534 g/mol. The summed E-state index contributed by atoms with van der Waals surface area (Å²) < 4.78 is 5.82. The Morgan fingerprint density at radius 2 is 1.49 bits per heavy atom. The van der Waals surface area contributed by atoms with E-state index in [1.807, 2.05) is 103 Å². The van der Waals surface area contributed by atoms with Crippen LogP contribution < -0.4 is 21.1 Å². The maximum absolute atomic E-state index is 11.8. The molecule has 0 saturated heterocycles. The number of anilines is 1. The van der Waals surface area contributed by atoms with E-state index in [-0.39, 0.29) is 5.91 Å². The summed E-state index contributed by atoms with van der Waals surface area (Å²) in [6.45, 7) is 22.1. The number of aryl methyl sites for hydroxylation is 2. The lowest BCUT2D eigenvalue weighted by Crippen LogP contribution is -2.25. The summed E-state index contributed by atoms with van der Waals surface area (Å²) in [6.07, 6.45) is 5.99. The Labute approximate surface area is 258 Å². The molecule has 0 unspecified atom stereocenters. The molecule has 0 aliphatic carbocycles. The van der Waals surface area contributed by atoms with Gasteiger partial charge in [0.1, 0.15) is 11.5 Å². The van der Waals surface area contributed by atoms with Gasteiger partial charge in [0.05, 0.1) is 11.4 Å². The fraction of sp³-hybridized carbons (Fsp3) is 0.250. The third-order valence-electron chi connectivity index (χ3n) is 5.60. The minimum Gasteiger partial charge on any atom is -0.457 e. The minimum absolute atomic E-state index is 0.0240. The van der Waals surface area contributed by atoms with Crippen molar-refractivity contribution in [3.8, 4) is 11.5 Å². The highest BCUT2D eigenvalue weighted by Gasteiger charge is 2.05. The third-order valence-corrected chi connectivity index (χ3v) is 5.60. The van der Waals surface area contributed by atoms with E-state index in [1.165, 1.54) is 5.56 Å². The number of hydrogen-bond acceptors (Lipinski definition) is 6. The van der Waals surface area contributed by atoms with Gasteiger partial charge in [-0.2, -0.15) is 0 Å². The van der Waals surface area contributed by atoms with Gasteiger partial charge >= 0.3 is 0 Å². The lowest BCUT2D eigenvalue weighted by molar-refractivity contribution is 0.0954. The summed E-state index contributed by atoms with van der Waals surface area (Å²) in [6, 6.07) is 20.8. The van der Waals surface area contributed by atoms with Gasteiger partial charge in [-0.15, -0.1) is 0 Å². The summed E-state index contributed by atoms with van der Waals surface area (Å²) in [5, 5.41) is 6.11. The Hall–Kier alpha value is -4.91. The molecule has 0 saturated carbocycles. The number of aromatic nitrogens is 2. The van der Waals surface area contributed by atoms with Gasteiger partial charge in [0.15, 0.2) is 0 Å². The first kappa shape index (κ1) is 36.1. The molecule has 43 heavy (non-hydrogen) atoms. The van der Waals surface area contributed by atoms with Gasteiger partial charge in [0.2, 0.25) is 0 Å². The van der Waals surface area contributed by atoms with Gasteiger partial charge in [-0.25, -0.2) is 0 Å². The number of benzene rings is 2. The third kappa shape index (κ3) is 13.5. The summed E-state index contributed by atoms with van der Waals surface area (Å²) in [5.41, 5.74) is 12.7. The van der Waals surface area contributed by atoms with E-state index in [4.69, 9.17) is 10.5 Å². The van der Waals surface area contributed by atoms with Crippen LogP contribution in [0.3, 0.4) is 0 Å². The summed E-state index contributed by atoms with van der Waals surface area (Å²) in [5.74, 6) is 1.40. The van der Waals surface area contributed by atoms with Crippen molar-refractivity contribution >= 4 is 17.3 Å². The van der Waals surface area contributed by atoms with E-state index in [0.717, 1.165) is 34.7 Å². The molecule has 7 nitrogen and oxygen atoms in total. The molecule has 4 N–H and O–H groups in total. The second-order valence-corrected chi connectivity index (χ2v) is 9.11. The first-order valence-electron chi connectivity index (χ1n) is 14.6. The molecule has 1 amide bonds. The van der Waals surface area contributed by atoms with E-state index < -0.39 is 0 Å². The van der Waals surface area contributed by atoms with Crippen molar-refractivity contribution in [2.45, 2.75) is 54.9 Å². The van der Waals surface area contributed by atoms with Crippen molar-refractivity contribution in [3.63, 3.8) is 0 Å². The molecule has 0 fully saturated rings. The quantitative estimate of drug-likeness (QED) is 0.183. The zero-order valence-corrected chi connectivity index (χ0v) is 26.7. The topological polar surface area (TPSA) is 102 Å². The molecule has 2 aromatic carbocycles. The number of nitrogens with one attached hydrogen (secondary N) is 2. The molecule has 0 aliphatic rings. The Kier molecular flexibility index (Phi) is 16.8. The van der Waals surface area contributed by atoms with Crippen LogP contribution in [0.25, 0.3) is 5.70 Å². The molecule has 0 aliphatic heterocycles. The number of carbonyl (C=O) groups excluding carboxylic acids is 1. The van der Waals surface area contributed by atoms with Crippen molar-refractivity contribution in [2.75, 3.05) is 11.9 Å². The van der Waals surface area contributed by atoms with Gasteiger partial charge in [0.25, 0.3) is 5.91 Å². The van der Waals surface area contributed by atoms with Crippen molar-refractivity contribution < 1.29 is 9.53 Å². The number of allylic oxidation sites excluding steroid dienone is 1. The van der Waals surface area contributed by atoms with Gasteiger partial charge in [-0.05, 0) is 86.8 Å². The predicted octanol–water partition coefficient (Wildman–Crippen LogP) is 8.47. The fourth-order valence-electron chi connectivity index (χ4n) is 3.53. The van der Waals surface area contributed by atoms with Gasteiger partial charge in [-0.3, -0.25) is 14.8 Å². The van der Waals surface area contributed by atoms with E-state index in [0.29, 0.717) is 29.2 Å². The van der Waals surface area contributed by atoms with Crippen molar-refractivity contribution in [1.29, 1.82) is 0 Å². The van der Waals surface area contributed by atoms with E-state index in [9.17, 15) is 4.79 Å². The maximum Gasteiger partial charge on any atom is 0.251 e. The van der Waals surface area contributed by atoms with E-state index in [2.05, 4.69) is 33.8 Å². The molecule has 4 rings (SSSR count). The monoisotopic (exact) mass is 581 g/mol. The summed E-state index contributed by atoms with van der Waals surface area (Å²) in [4.78, 5) is 19.9. The average Bonchev–Trinajstić information content (AvgIpc) is 3.02. The second-order valence-electron chi connectivity index (χ2n) is 9.11. The average molecular weight is 582 g/mol. The number of nitrogens with two attached hydrogens (primary N) is 1. The van der Waals surface area contributed by atoms with Crippen LogP contribution in [0.15, 0.2) is 104 Å².